The van der Waals surface area contributed by atoms with Gasteiger partial charge in [0.1, 0.15) is 23.9 Å². The van der Waals surface area contributed by atoms with Gasteiger partial charge in [-0.2, -0.15) is 0 Å². The lowest BCUT2D eigenvalue weighted by atomic mass is 10.2. The SMILES string of the molecule is Clc1cc(Oc2ccccc2)ccc1OCc1ccccc1. The molecule has 110 valence electrons. The number of hydrogen-bond donors (Lipinski definition) is 0. The number of ether oxygens (including phenoxy) is 2. The number of benzene rings is 3. The Bertz CT molecular complexity index is 727. The highest BCUT2D eigenvalue weighted by Crippen LogP contribution is 2.31. The molecule has 0 aliphatic heterocycles. The molecule has 2 nitrogen and oxygen atoms in total. The van der Waals surface area contributed by atoms with Crippen LogP contribution in [0.5, 0.6) is 17.2 Å². The fourth-order valence-electron chi connectivity index (χ4n) is 2.02. The molecule has 3 heteroatoms. The van der Waals surface area contributed by atoms with Gasteiger partial charge < -0.3 is 9.47 Å². The minimum atomic E-state index is 0.486. The monoisotopic (exact) mass is 310 g/mol. The molecule has 0 atom stereocenters. The Hall–Kier alpha value is -2.45. The quantitative estimate of drug-likeness (QED) is 0.601. The highest BCUT2D eigenvalue weighted by atomic mass is 35.5. The molecule has 0 heterocycles. The van der Waals surface area contributed by atoms with Gasteiger partial charge in [0.05, 0.1) is 5.02 Å². The van der Waals surface area contributed by atoms with Gasteiger partial charge >= 0.3 is 0 Å². The van der Waals surface area contributed by atoms with Gasteiger partial charge in [-0.05, 0) is 29.8 Å². The molecule has 0 radical (unpaired) electrons. The van der Waals surface area contributed by atoms with E-state index < -0.39 is 0 Å². The Morgan fingerprint density at radius 2 is 1.41 bits per heavy atom. The lowest BCUT2D eigenvalue weighted by Crippen LogP contribution is -1.95. The molecule has 0 bridgehead atoms. The van der Waals surface area contributed by atoms with E-state index in [-0.39, 0.29) is 0 Å². The van der Waals surface area contributed by atoms with Gasteiger partial charge in [0, 0.05) is 6.07 Å². The topological polar surface area (TPSA) is 18.5 Å². The van der Waals surface area contributed by atoms with Gasteiger partial charge in [0.25, 0.3) is 0 Å². The minimum Gasteiger partial charge on any atom is -0.487 e. The van der Waals surface area contributed by atoms with Crippen LogP contribution in [0, 0.1) is 0 Å². The molecule has 0 saturated carbocycles. The van der Waals surface area contributed by atoms with E-state index in [2.05, 4.69) is 0 Å². The predicted molar refractivity (Wildman–Crippen MR) is 88.7 cm³/mol. The maximum atomic E-state index is 6.26. The smallest absolute Gasteiger partial charge is 0.138 e. The third-order valence-corrected chi connectivity index (χ3v) is 3.41. The number of rotatable bonds is 5. The predicted octanol–water partition coefficient (Wildman–Crippen LogP) is 5.71. The van der Waals surface area contributed by atoms with E-state index in [0.29, 0.717) is 23.1 Å². The summed E-state index contributed by atoms with van der Waals surface area (Å²) in [7, 11) is 0. The molecular formula is C19H15ClO2. The average Bonchev–Trinajstić information content (AvgIpc) is 2.56. The summed E-state index contributed by atoms with van der Waals surface area (Å²) >= 11 is 6.26. The van der Waals surface area contributed by atoms with Crippen molar-refractivity contribution in [3.63, 3.8) is 0 Å². The molecule has 22 heavy (non-hydrogen) atoms. The number of para-hydroxylation sites is 1. The van der Waals surface area contributed by atoms with Gasteiger partial charge in [0.2, 0.25) is 0 Å². The summed E-state index contributed by atoms with van der Waals surface area (Å²) in [5.41, 5.74) is 1.10. The van der Waals surface area contributed by atoms with Crippen LogP contribution in [-0.4, -0.2) is 0 Å². The number of halogens is 1. The summed E-state index contributed by atoms with van der Waals surface area (Å²) in [4.78, 5) is 0. The largest absolute Gasteiger partial charge is 0.487 e. The third-order valence-electron chi connectivity index (χ3n) is 3.12. The second-order valence-electron chi connectivity index (χ2n) is 4.78. The molecule has 0 N–H and O–H groups in total. The van der Waals surface area contributed by atoms with Crippen LogP contribution >= 0.6 is 11.6 Å². The van der Waals surface area contributed by atoms with Gasteiger partial charge in [-0.25, -0.2) is 0 Å². The molecule has 0 spiro atoms. The van der Waals surface area contributed by atoms with Gasteiger partial charge in [-0.1, -0.05) is 60.1 Å². The molecule has 0 aliphatic carbocycles. The Balaban J connectivity index is 1.67. The van der Waals surface area contributed by atoms with Gasteiger partial charge in [-0.3, -0.25) is 0 Å². The Labute approximate surface area is 134 Å². The Morgan fingerprint density at radius 3 is 2.09 bits per heavy atom. The summed E-state index contributed by atoms with van der Waals surface area (Å²) in [6.45, 7) is 0.486. The molecule has 0 fully saturated rings. The first-order chi connectivity index (χ1) is 10.8. The summed E-state index contributed by atoms with van der Waals surface area (Å²) in [5.74, 6) is 2.10. The van der Waals surface area contributed by atoms with E-state index in [0.717, 1.165) is 11.3 Å². The van der Waals surface area contributed by atoms with Crippen molar-refractivity contribution in [2.24, 2.45) is 0 Å². The maximum Gasteiger partial charge on any atom is 0.138 e. The molecular weight excluding hydrogens is 296 g/mol. The lowest BCUT2D eigenvalue weighted by Gasteiger charge is -2.10. The lowest BCUT2D eigenvalue weighted by molar-refractivity contribution is 0.306. The first-order valence-electron chi connectivity index (χ1n) is 7.00. The number of hydrogen-bond acceptors (Lipinski definition) is 2. The van der Waals surface area contributed by atoms with Gasteiger partial charge in [-0.15, -0.1) is 0 Å². The van der Waals surface area contributed by atoms with Crippen LogP contribution in [0.3, 0.4) is 0 Å². The molecule has 0 saturated heterocycles. The second kappa shape index (κ2) is 7.01. The highest BCUT2D eigenvalue weighted by molar-refractivity contribution is 6.32. The van der Waals surface area contributed by atoms with Crippen molar-refractivity contribution in [2.45, 2.75) is 6.61 Å². The normalized spacial score (nSPS) is 10.2. The van der Waals surface area contributed by atoms with Crippen LogP contribution in [-0.2, 0) is 6.61 Å². The van der Waals surface area contributed by atoms with Crippen molar-refractivity contribution in [1.29, 1.82) is 0 Å². The zero-order valence-electron chi connectivity index (χ0n) is 11.9. The molecule has 3 rings (SSSR count). The zero-order chi connectivity index (χ0) is 15.2. The van der Waals surface area contributed by atoms with E-state index >= 15 is 0 Å². The summed E-state index contributed by atoms with van der Waals surface area (Å²) < 4.78 is 11.5. The van der Waals surface area contributed by atoms with Crippen LogP contribution in [0.4, 0.5) is 0 Å². The fraction of sp³-hybridized carbons (Fsp3) is 0.0526. The molecule has 0 aliphatic rings. The van der Waals surface area contributed by atoms with Crippen molar-refractivity contribution in [3.05, 3.63) is 89.4 Å². The molecule has 3 aromatic carbocycles. The van der Waals surface area contributed by atoms with Crippen molar-refractivity contribution >= 4 is 11.6 Å². The molecule has 0 aromatic heterocycles. The highest BCUT2D eigenvalue weighted by Gasteiger charge is 2.05. The van der Waals surface area contributed by atoms with E-state index in [4.69, 9.17) is 21.1 Å². The van der Waals surface area contributed by atoms with Gasteiger partial charge in [0.15, 0.2) is 0 Å². The molecule has 3 aromatic rings. The fourth-order valence-corrected chi connectivity index (χ4v) is 2.25. The maximum absolute atomic E-state index is 6.26. The van der Waals surface area contributed by atoms with E-state index in [1.54, 1.807) is 6.07 Å². The van der Waals surface area contributed by atoms with Crippen molar-refractivity contribution in [2.75, 3.05) is 0 Å². The van der Waals surface area contributed by atoms with Crippen molar-refractivity contribution in [1.82, 2.24) is 0 Å². The first kappa shape index (κ1) is 14.5. The molecule has 0 amide bonds. The first-order valence-corrected chi connectivity index (χ1v) is 7.38. The molecule has 0 unspecified atom stereocenters. The van der Waals surface area contributed by atoms with Crippen molar-refractivity contribution < 1.29 is 9.47 Å². The van der Waals surface area contributed by atoms with Crippen LogP contribution in [0.1, 0.15) is 5.56 Å². The van der Waals surface area contributed by atoms with E-state index in [1.165, 1.54) is 0 Å². The summed E-state index contributed by atoms with van der Waals surface area (Å²) in [6, 6.07) is 25.0. The van der Waals surface area contributed by atoms with Crippen molar-refractivity contribution in [3.8, 4) is 17.2 Å². The van der Waals surface area contributed by atoms with Crippen LogP contribution in [0.2, 0.25) is 5.02 Å². The third kappa shape index (κ3) is 3.80. The van der Waals surface area contributed by atoms with Crippen LogP contribution in [0.15, 0.2) is 78.9 Å². The Kier molecular flexibility index (Phi) is 4.62. The standard InChI is InChI=1S/C19H15ClO2/c20-18-13-17(22-16-9-5-2-6-10-16)11-12-19(18)21-14-15-7-3-1-4-8-15/h1-13H,14H2. The Morgan fingerprint density at radius 1 is 0.727 bits per heavy atom. The van der Waals surface area contributed by atoms with E-state index in [1.807, 2.05) is 72.8 Å². The van der Waals surface area contributed by atoms with Crippen LogP contribution < -0.4 is 9.47 Å². The minimum absolute atomic E-state index is 0.486. The second-order valence-corrected chi connectivity index (χ2v) is 5.19. The summed E-state index contributed by atoms with van der Waals surface area (Å²) in [6.07, 6.45) is 0. The average molecular weight is 311 g/mol. The summed E-state index contributed by atoms with van der Waals surface area (Å²) in [5, 5.41) is 0.532. The van der Waals surface area contributed by atoms with E-state index in [9.17, 15) is 0 Å². The zero-order valence-corrected chi connectivity index (χ0v) is 12.7. The van der Waals surface area contributed by atoms with Crippen LogP contribution in [0.25, 0.3) is 0 Å².